The van der Waals surface area contributed by atoms with Gasteiger partial charge in [0.05, 0.1) is 21.4 Å². The Morgan fingerprint density at radius 3 is 2.09 bits per heavy atom. The van der Waals surface area contributed by atoms with E-state index in [1.165, 1.54) is 11.1 Å². The molecule has 4 aromatic carbocycles. The highest BCUT2D eigenvalue weighted by Crippen LogP contribution is 2.43. The molecule has 46 heavy (non-hydrogen) atoms. The topological polar surface area (TPSA) is 58.4 Å². The van der Waals surface area contributed by atoms with Gasteiger partial charge in [-0.15, -0.1) is 11.3 Å². The quantitative estimate of drug-likeness (QED) is 0.198. The van der Waals surface area contributed by atoms with Crippen LogP contribution in [0.2, 0.25) is 0 Å². The van der Waals surface area contributed by atoms with Gasteiger partial charge < -0.3 is 5.11 Å². The molecule has 0 saturated carbocycles. The third-order valence-electron chi connectivity index (χ3n) is 8.59. The number of benzene rings is 4. The summed E-state index contributed by atoms with van der Waals surface area (Å²) in [5, 5.41) is 13.4. The van der Waals surface area contributed by atoms with E-state index >= 15 is 0 Å². The standard InChI is InChI=1S/C41H43N3OS/c1-39(2,3)26-20-25(37(45)32(22-26)41(7,8)9)24-43-34-17-13-11-15-30(34)38-44-36-31(21-27(40(4,5)6)23-35(36)46-38)28-18-19-42-33-16-12-10-14-29(28)33/h10-24,45H,1-9H3. The Morgan fingerprint density at radius 2 is 1.37 bits per heavy atom. The Kier molecular flexibility index (Phi) is 7.88. The largest absolute Gasteiger partial charge is 0.507 e. The molecule has 2 heterocycles. The zero-order valence-electron chi connectivity index (χ0n) is 28.4. The molecule has 0 unspecified atom stereocenters. The van der Waals surface area contributed by atoms with Gasteiger partial charge in [0.15, 0.2) is 0 Å². The van der Waals surface area contributed by atoms with Crippen molar-refractivity contribution < 1.29 is 5.11 Å². The summed E-state index contributed by atoms with van der Waals surface area (Å²) in [6.07, 6.45) is 3.69. The van der Waals surface area contributed by atoms with E-state index in [2.05, 4.69) is 122 Å². The zero-order valence-corrected chi connectivity index (χ0v) is 29.2. The number of aromatic hydroxyl groups is 1. The molecule has 0 saturated heterocycles. The third kappa shape index (κ3) is 6.09. The van der Waals surface area contributed by atoms with E-state index in [1.54, 1.807) is 17.6 Å². The summed E-state index contributed by atoms with van der Waals surface area (Å²) in [5.74, 6) is 0.283. The molecule has 234 valence electrons. The minimum Gasteiger partial charge on any atom is -0.507 e. The van der Waals surface area contributed by atoms with Gasteiger partial charge in [0.2, 0.25) is 0 Å². The number of phenols is 1. The molecule has 6 rings (SSSR count). The molecular weight excluding hydrogens is 583 g/mol. The maximum Gasteiger partial charge on any atom is 0.128 e. The zero-order chi connectivity index (χ0) is 33.0. The van der Waals surface area contributed by atoms with Crippen LogP contribution in [0, 0.1) is 0 Å². The number of aromatic nitrogens is 2. The second-order valence-corrected chi connectivity index (χ2v) is 16.3. The van der Waals surface area contributed by atoms with E-state index in [1.807, 2.05) is 30.5 Å². The lowest BCUT2D eigenvalue weighted by Gasteiger charge is -2.27. The van der Waals surface area contributed by atoms with E-state index in [4.69, 9.17) is 9.98 Å². The highest BCUT2D eigenvalue weighted by Gasteiger charge is 2.25. The summed E-state index contributed by atoms with van der Waals surface area (Å²) in [4.78, 5) is 14.9. The van der Waals surface area contributed by atoms with Gasteiger partial charge >= 0.3 is 0 Å². The lowest BCUT2D eigenvalue weighted by molar-refractivity contribution is 0.444. The van der Waals surface area contributed by atoms with Crippen molar-refractivity contribution in [3.63, 3.8) is 0 Å². The van der Waals surface area contributed by atoms with E-state index < -0.39 is 0 Å². The van der Waals surface area contributed by atoms with Crippen LogP contribution in [0.3, 0.4) is 0 Å². The molecule has 4 nitrogen and oxygen atoms in total. The number of hydrogen-bond donors (Lipinski definition) is 1. The van der Waals surface area contributed by atoms with Gasteiger partial charge in [-0.2, -0.15) is 0 Å². The fourth-order valence-electron chi connectivity index (χ4n) is 5.78. The van der Waals surface area contributed by atoms with Crippen molar-refractivity contribution in [3.8, 4) is 27.4 Å². The summed E-state index contributed by atoms with van der Waals surface area (Å²) in [6, 6.07) is 27.3. The Labute approximate surface area is 276 Å². The van der Waals surface area contributed by atoms with Crippen LogP contribution >= 0.6 is 11.3 Å². The molecule has 0 radical (unpaired) electrons. The Hall–Kier alpha value is -4.35. The smallest absolute Gasteiger partial charge is 0.128 e. The number of fused-ring (bicyclic) bond motifs is 2. The van der Waals surface area contributed by atoms with Crippen molar-refractivity contribution >= 4 is 44.4 Å². The molecule has 0 atom stereocenters. The maximum absolute atomic E-state index is 11.4. The molecule has 0 fully saturated rings. The number of pyridine rings is 1. The Morgan fingerprint density at radius 1 is 0.696 bits per heavy atom. The number of nitrogens with zero attached hydrogens (tertiary/aromatic N) is 3. The van der Waals surface area contributed by atoms with Crippen LogP contribution in [-0.4, -0.2) is 21.3 Å². The number of para-hydroxylation sites is 2. The summed E-state index contributed by atoms with van der Waals surface area (Å²) < 4.78 is 1.14. The third-order valence-corrected chi connectivity index (χ3v) is 9.63. The molecule has 0 aliphatic carbocycles. The lowest BCUT2D eigenvalue weighted by atomic mass is 9.79. The first kappa shape index (κ1) is 31.6. The molecule has 0 amide bonds. The predicted molar refractivity (Wildman–Crippen MR) is 197 cm³/mol. The molecule has 0 aliphatic rings. The molecule has 5 heteroatoms. The van der Waals surface area contributed by atoms with Crippen LogP contribution in [0.1, 0.15) is 84.6 Å². The number of aliphatic imine (C=N–C) groups is 1. The average molecular weight is 626 g/mol. The van der Waals surface area contributed by atoms with Crippen molar-refractivity contribution in [1.29, 1.82) is 0 Å². The van der Waals surface area contributed by atoms with E-state index in [0.717, 1.165) is 59.6 Å². The van der Waals surface area contributed by atoms with Crippen LogP contribution in [0.4, 0.5) is 5.69 Å². The lowest BCUT2D eigenvalue weighted by Crippen LogP contribution is -2.17. The summed E-state index contributed by atoms with van der Waals surface area (Å²) in [7, 11) is 0. The second kappa shape index (κ2) is 11.5. The van der Waals surface area contributed by atoms with Gasteiger partial charge in [-0.3, -0.25) is 9.98 Å². The molecule has 0 aliphatic heterocycles. The first-order valence-electron chi connectivity index (χ1n) is 15.9. The minimum atomic E-state index is -0.212. The first-order chi connectivity index (χ1) is 21.6. The van der Waals surface area contributed by atoms with Gasteiger partial charge in [-0.1, -0.05) is 98.7 Å². The van der Waals surface area contributed by atoms with Crippen LogP contribution < -0.4 is 0 Å². The van der Waals surface area contributed by atoms with Gasteiger partial charge in [0, 0.05) is 40.1 Å². The monoisotopic (exact) mass is 625 g/mol. The molecule has 6 aromatic rings. The molecular formula is C41H43N3OS. The molecule has 2 aromatic heterocycles. The van der Waals surface area contributed by atoms with Crippen molar-refractivity contribution in [2.24, 2.45) is 4.99 Å². The Bertz CT molecular complexity index is 2110. The predicted octanol–water partition coefficient (Wildman–Crippen LogP) is 11.5. The van der Waals surface area contributed by atoms with Crippen LogP contribution in [0.5, 0.6) is 5.75 Å². The van der Waals surface area contributed by atoms with E-state index in [9.17, 15) is 5.11 Å². The molecule has 0 spiro atoms. The van der Waals surface area contributed by atoms with Gasteiger partial charge in [-0.25, -0.2) is 4.98 Å². The van der Waals surface area contributed by atoms with E-state index in [0.29, 0.717) is 0 Å². The van der Waals surface area contributed by atoms with Crippen molar-refractivity contribution in [2.45, 2.75) is 78.6 Å². The second-order valence-electron chi connectivity index (χ2n) is 15.3. The number of thiazole rings is 1. The number of rotatable bonds is 4. The average Bonchev–Trinajstić information content (AvgIpc) is 3.43. The fourth-order valence-corrected chi connectivity index (χ4v) is 6.85. The SMILES string of the molecule is CC(C)(C)c1cc(C=Nc2ccccc2-c2nc3c(-c4ccnc5ccccc45)cc(C(C)(C)C)cc3s2)c(O)c(C(C)(C)C)c1. The summed E-state index contributed by atoms with van der Waals surface area (Å²) >= 11 is 1.70. The summed E-state index contributed by atoms with van der Waals surface area (Å²) in [5.41, 5.74) is 9.73. The van der Waals surface area contributed by atoms with Crippen molar-refractivity contribution in [3.05, 3.63) is 107 Å². The Balaban J connectivity index is 1.51. The fraction of sp³-hybridized carbons (Fsp3) is 0.293. The summed E-state index contributed by atoms with van der Waals surface area (Å²) in [6.45, 7) is 19.7. The van der Waals surface area contributed by atoms with Crippen molar-refractivity contribution in [2.75, 3.05) is 0 Å². The number of hydrogen-bond acceptors (Lipinski definition) is 5. The minimum absolute atomic E-state index is 0.0341. The van der Waals surface area contributed by atoms with Crippen LogP contribution in [0.15, 0.2) is 90.1 Å². The highest BCUT2D eigenvalue weighted by atomic mass is 32.1. The maximum atomic E-state index is 11.4. The normalized spacial score (nSPS) is 12.9. The van der Waals surface area contributed by atoms with Gasteiger partial charge in [0.1, 0.15) is 10.8 Å². The van der Waals surface area contributed by atoms with Gasteiger partial charge in [-0.05, 0) is 75.4 Å². The first-order valence-corrected chi connectivity index (χ1v) is 16.7. The number of phenolic OH excluding ortho intramolecular Hbond substituents is 1. The van der Waals surface area contributed by atoms with Crippen LogP contribution in [0.25, 0.3) is 42.8 Å². The van der Waals surface area contributed by atoms with E-state index in [-0.39, 0.29) is 22.0 Å². The highest BCUT2D eigenvalue weighted by molar-refractivity contribution is 7.21. The van der Waals surface area contributed by atoms with Crippen LogP contribution in [-0.2, 0) is 16.2 Å². The molecule has 0 bridgehead atoms. The van der Waals surface area contributed by atoms with Crippen molar-refractivity contribution in [1.82, 2.24) is 9.97 Å². The molecule has 1 N–H and O–H groups in total. The van der Waals surface area contributed by atoms with Gasteiger partial charge in [0.25, 0.3) is 0 Å².